The number of nitrogens with one attached hydrogen (secondary N) is 1. The number of carbonyl (C=O) groups excluding carboxylic acids is 2. The molecule has 5 nitrogen and oxygen atoms in total. The van der Waals surface area contributed by atoms with Crippen molar-refractivity contribution in [3.63, 3.8) is 0 Å². The van der Waals surface area contributed by atoms with Gasteiger partial charge in [0.15, 0.2) is 0 Å². The Kier molecular flexibility index (Phi) is 7.29. The number of carbonyl (C=O) groups is 2. The second-order valence-corrected chi connectivity index (χ2v) is 7.00. The van der Waals surface area contributed by atoms with Crippen LogP contribution in [0.4, 0.5) is 5.69 Å². The molecule has 0 spiro atoms. The molecule has 1 aromatic rings. The molecule has 0 aromatic heterocycles. The molecular weight excluding hydrogens is 316 g/mol. The predicted molar refractivity (Wildman–Crippen MR) is 99.7 cm³/mol. The van der Waals surface area contributed by atoms with Gasteiger partial charge in [-0.15, -0.1) is 0 Å². The summed E-state index contributed by atoms with van der Waals surface area (Å²) in [5, 5.41) is 2.90. The summed E-state index contributed by atoms with van der Waals surface area (Å²) in [7, 11) is 0. The normalized spacial score (nSPS) is 15.5. The molecule has 138 valence electrons. The fourth-order valence-electron chi connectivity index (χ4n) is 3.34. The van der Waals surface area contributed by atoms with Crippen molar-refractivity contribution in [2.24, 2.45) is 0 Å². The second kappa shape index (κ2) is 9.44. The molecule has 0 radical (unpaired) electrons. The fourth-order valence-corrected chi connectivity index (χ4v) is 3.34. The minimum Gasteiger partial charge on any atom is -0.489 e. The molecule has 1 N–H and O–H groups in total. The maximum Gasteiger partial charge on any atom is 0.244 e. The van der Waals surface area contributed by atoms with Gasteiger partial charge in [0.05, 0.1) is 11.8 Å². The lowest BCUT2D eigenvalue weighted by Crippen LogP contribution is -2.43. The van der Waals surface area contributed by atoms with Crippen LogP contribution in [-0.4, -0.2) is 35.4 Å². The smallest absolute Gasteiger partial charge is 0.244 e. The van der Waals surface area contributed by atoms with Crippen LogP contribution in [0.25, 0.3) is 0 Å². The van der Waals surface area contributed by atoms with Gasteiger partial charge in [0.2, 0.25) is 11.8 Å². The van der Waals surface area contributed by atoms with E-state index >= 15 is 0 Å². The van der Waals surface area contributed by atoms with Crippen molar-refractivity contribution in [2.45, 2.75) is 71.4 Å². The molecule has 1 saturated carbocycles. The Balaban J connectivity index is 2.03. The summed E-state index contributed by atoms with van der Waals surface area (Å²) < 4.78 is 5.74. The van der Waals surface area contributed by atoms with Crippen LogP contribution in [-0.2, 0) is 9.59 Å². The molecule has 25 heavy (non-hydrogen) atoms. The number of ether oxygens (including phenoxy) is 1. The van der Waals surface area contributed by atoms with Gasteiger partial charge in [-0.05, 0) is 38.8 Å². The first-order valence-electron chi connectivity index (χ1n) is 9.30. The molecule has 5 heteroatoms. The van der Waals surface area contributed by atoms with Crippen LogP contribution in [0.5, 0.6) is 5.75 Å². The van der Waals surface area contributed by atoms with Crippen LogP contribution < -0.4 is 10.1 Å². The number of nitrogens with zero attached hydrogens (tertiary/aromatic N) is 1. The first-order valence-corrected chi connectivity index (χ1v) is 9.30. The third-order valence-corrected chi connectivity index (χ3v) is 4.51. The maximum absolute atomic E-state index is 12.5. The highest BCUT2D eigenvalue weighted by atomic mass is 16.5. The first-order chi connectivity index (χ1) is 12.0. The average Bonchev–Trinajstić information content (AvgIpc) is 2.83. The highest BCUT2D eigenvalue weighted by Crippen LogP contribution is 2.25. The summed E-state index contributed by atoms with van der Waals surface area (Å²) in [4.78, 5) is 26.3. The number of rotatable bonds is 6. The van der Waals surface area contributed by atoms with Gasteiger partial charge in [-0.3, -0.25) is 9.59 Å². The predicted octanol–water partition coefficient (Wildman–Crippen LogP) is 3.98. The molecular formula is C20H30N2O3. The summed E-state index contributed by atoms with van der Waals surface area (Å²) in [5.41, 5.74) is 0.644. The van der Waals surface area contributed by atoms with E-state index in [0.29, 0.717) is 11.4 Å². The minimum absolute atomic E-state index is 0.0257. The van der Waals surface area contributed by atoms with Gasteiger partial charge in [0.1, 0.15) is 12.3 Å². The SMILES string of the molecule is CC(=O)N(CC(=O)Nc1ccccc1OC(C)C)C1CCCCCC1. The molecule has 0 atom stereocenters. The molecule has 2 amide bonds. The van der Waals surface area contributed by atoms with Crippen LogP contribution in [0.3, 0.4) is 0 Å². The Labute approximate surface area is 150 Å². The summed E-state index contributed by atoms with van der Waals surface area (Å²) >= 11 is 0. The summed E-state index contributed by atoms with van der Waals surface area (Å²) in [6.45, 7) is 5.54. The molecule has 1 aliphatic carbocycles. The number of benzene rings is 1. The van der Waals surface area contributed by atoms with Crippen LogP contribution >= 0.6 is 0 Å². The first kappa shape index (κ1) is 19.3. The lowest BCUT2D eigenvalue weighted by molar-refractivity contribution is -0.135. The van der Waals surface area contributed by atoms with Crippen LogP contribution in [0.15, 0.2) is 24.3 Å². The summed E-state index contributed by atoms with van der Waals surface area (Å²) in [6.07, 6.45) is 6.68. The van der Waals surface area contributed by atoms with Crippen LogP contribution in [0.1, 0.15) is 59.3 Å². The maximum atomic E-state index is 12.5. The lowest BCUT2D eigenvalue weighted by Gasteiger charge is -2.29. The van der Waals surface area contributed by atoms with Crippen molar-refractivity contribution in [1.82, 2.24) is 4.90 Å². The Morgan fingerprint density at radius 3 is 2.40 bits per heavy atom. The Hall–Kier alpha value is -2.04. The van der Waals surface area contributed by atoms with E-state index in [4.69, 9.17) is 4.74 Å². The van der Waals surface area contributed by atoms with E-state index in [1.165, 1.54) is 12.8 Å². The van der Waals surface area contributed by atoms with Crippen molar-refractivity contribution >= 4 is 17.5 Å². The molecule has 0 bridgehead atoms. The standard InChI is InChI=1S/C20H30N2O3/c1-15(2)25-19-13-9-8-12-18(19)21-20(24)14-22(16(3)23)17-10-6-4-5-7-11-17/h8-9,12-13,15,17H,4-7,10-11,14H2,1-3H3,(H,21,24). The number of amides is 2. The Morgan fingerprint density at radius 1 is 1.16 bits per heavy atom. The van der Waals surface area contributed by atoms with Crippen LogP contribution in [0.2, 0.25) is 0 Å². The van der Waals surface area contributed by atoms with E-state index in [1.807, 2.05) is 38.1 Å². The zero-order valence-electron chi connectivity index (χ0n) is 15.6. The number of hydrogen-bond donors (Lipinski definition) is 1. The lowest BCUT2D eigenvalue weighted by atomic mass is 10.1. The largest absolute Gasteiger partial charge is 0.489 e. The summed E-state index contributed by atoms with van der Waals surface area (Å²) in [5.74, 6) is 0.433. The number of para-hydroxylation sites is 2. The second-order valence-electron chi connectivity index (χ2n) is 7.00. The highest BCUT2D eigenvalue weighted by Gasteiger charge is 2.24. The van der Waals surface area contributed by atoms with Crippen molar-refractivity contribution in [3.05, 3.63) is 24.3 Å². The quantitative estimate of drug-likeness (QED) is 0.793. The average molecular weight is 346 g/mol. The van der Waals surface area contributed by atoms with Crippen molar-refractivity contribution < 1.29 is 14.3 Å². The highest BCUT2D eigenvalue weighted by molar-refractivity contribution is 5.95. The van der Waals surface area contributed by atoms with Gasteiger partial charge in [0.25, 0.3) is 0 Å². The molecule has 2 rings (SSSR count). The van der Waals surface area contributed by atoms with Crippen molar-refractivity contribution in [1.29, 1.82) is 0 Å². The molecule has 1 aliphatic rings. The minimum atomic E-state index is -0.181. The molecule has 1 aromatic carbocycles. The van der Waals surface area contributed by atoms with Crippen molar-refractivity contribution in [3.8, 4) is 5.75 Å². The zero-order valence-corrected chi connectivity index (χ0v) is 15.6. The molecule has 0 heterocycles. The zero-order chi connectivity index (χ0) is 18.2. The molecule has 0 unspecified atom stereocenters. The van der Waals surface area contributed by atoms with E-state index < -0.39 is 0 Å². The topological polar surface area (TPSA) is 58.6 Å². The van der Waals surface area contributed by atoms with Gasteiger partial charge in [-0.25, -0.2) is 0 Å². The van der Waals surface area contributed by atoms with Crippen molar-refractivity contribution in [2.75, 3.05) is 11.9 Å². The van der Waals surface area contributed by atoms with Gasteiger partial charge >= 0.3 is 0 Å². The Morgan fingerprint density at radius 2 is 1.80 bits per heavy atom. The van der Waals surface area contributed by atoms with Gasteiger partial charge < -0.3 is 15.0 Å². The van der Waals surface area contributed by atoms with E-state index in [1.54, 1.807) is 11.8 Å². The van der Waals surface area contributed by atoms with Gasteiger partial charge in [0, 0.05) is 13.0 Å². The monoisotopic (exact) mass is 346 g/mol. The Bertz CT molecular complexity index is 578. The van der Waals surface area contributed by atoms with Crippen LogP contribution in [0, 0.1) is 0 Å². The number of anilines is 1. The van der Waals surface area contributed by atoms with E-state index in [2.05, 4.69) is 5.32 Å². The van der Waals surface area contributed by atoms with E-state index in [0.717, 1.165) is 25.7 Å². The van der Waals surface area contributed by atoms with E-state index in [9.17, 15) is 9.59 Å². The number of hydrogen-bond acceptors (Lipinski definition) is 3. The third kappa shape index (κ3) is 6.07. The van der Waals surface area contributed by atoms with E-state index in [-0.39, 0.29) is 30.5 Å². The third-order valence-electron chi connectivity index (χ3n) is 4.51. The molecule has 0 aliphatic heterocycles. The molecule has 0 saturated heterocycles. The molecule has 1 fully saturated rings. The van der Waals surface area contributed by atoms with Gasteiger partial charge in [-0.1, -0.05) is 37.8 Å². The fraction of sp³-hybridized carbons (Fsp3) is 0.600. The summed E-state index contributed by atoms with van der Waals surface area (Å²) in [6, 6.07) is 7.56. The van der Waals surface area contributed by atoms with Gasteiger partial charge in [-0.2, -0.15) is 0 Å².